The van der Waals surface area contributed by atoms with Crippen LogP contribution in [0.5, 0.6) is 0 Å². The second-order valence-electron chi connectivity index (χ2n) is 5.89. The molecule has 0 aliphatic heterocycles. The fourth-order valence-corrected chi connectivity index (χ4v) is 2.55. The molecule has 3 rings (SSSR count). The zero-order chi connectivity index (χ0) is 19.1. The summed E-state index contributed by atoms with van der Waals surface area (Å²) >= 11 is 0. The quantitative estimate of drug-likeness (QED) is 0.272. The van der Waals surface area contributed by atoms with Gasteiger partial charge in [0.05, 0.1) is 25.0 Å². The zero-order valence-electron chi connectivity index (χ0n) is 15.4. The minimum Gasteiger partial charge on any atom is -0.357 e. The summed E-state index contributed by atoms with van der Waals surface area (Å²) in [4.78, 5) is 11.9. The SMILES string of the molecule is CCNC(=NCc1cc(F)ccc1F)NCc1ncc(-c2ccccc2)[nH]1.I. The Morgan fingerprint density at radius 1 is 1.11 bits per heavy atom. The van der Waals surface area contributed by atoms with Crippen molar-refractivity contribution in [3.63, 3.8) is 0 Å². The number of hydrogen-bond donors (Lipinski definition) is 3. The number of benzene rings is 2. The molecule has 0 amide bonds. The van der Waals surface area contributed by atoms with Crippen LogP contribution in [0.3, 0.4) is 0 Å². The highest BCUT2D eigenvalue weighted by Crippen LogP contribution is 2.16. The monoisotopic (exact) mass is 497 g/mol. The molecule has 1 heterocycles. The van der Waals surface area contributed by atoms with E-state index in [0.717, 1.165) is 35.3 Å². The maximum absolute atomic E-state index is 13.7. The number of aliphatic imine (C=N–C) groups is 1. The molecule has 0 atom stereocenters. The predicted molar refractivity (Wildman–Crippen MR) is 117 cm³/mol. The van der Waals surface area contributed by atoms with Crippen molar-refractivity contribution < 1.29 is 8.78 Å². The van der Waals surface area contributed by atoms with Crippen molar-refractivity contribution in [1.82, 2.24) is 20.6 Å². The molecule has 3 N–H and O–H groups in total. The Morgan fingerprint density at radius 3 is 2.64 bits per heavy atom. The van der Waals surface area contributed by atoms with Crippen LogP contribution in [0.1, 0.15) is 18.3 Å². The highest BCUT2D eigenvalue weighted by atomic mass is 127. The Bertz CT molecular complexity index is 912. The summed E-state index contributed by atoms with van der Waals surface area (Å²) in [5.74, 6) is 0.285. The summed E-state index contributed by atoms with van der Waals surface area (Å²) in [6.45, 7) is 3.03. The van der Waals surface area contributed by atoms with Crippen molar-refractivity contribution in [3.05, 3.63) is 77.8 Å². The number of aromatic amines is 1. The average molecular weight is 497 g/mol. The van der Waals surface area contributed by atoms with E-state index >= 15 is 0 Å². The lowest BCUT2D eigenvalue weighted by Gasteiger charge is -2.10. The van der Waals surface area contributed by atoms with Crippen molar-refractivity contribution in [2.45, 2.75) is 20.0 Å². The van der Waals surface area contributed by atoms with E-state index < -0.39 is 11.6 Å². The van der Waals surface area contributed by atoms with E-state index in [0.29, 0.717) is 19.0 Å². The van der Waals surface area contributed by atoms with Crippen LogP contribution in [0, 0.1) is 11.6 Å². The predicted octanol–water partition coefficient (Wildman–Crippen LogP) is 4.23. The van der Waals surface area contributed by atoms with E-state index in [4.69, 9.17) is 0 Å². The summed E-state index contributed by atoms with van der Waals surface area (Å²) in [5.41, 5.74) is 2.19. The second-order valence-corrected chi connectivity index (χ2v) is 5.89. The molecule has 5 nitrogen and oxygen atoms in total. The van der Waals surface area contributed by atoms with Gasteiger partial charge in [-0.25, -0.2) is 18.8 Å². The molecule has 1 aromatic heterocycles. The van der Waals surface area contributed by atoms with Crippen molar-refractivity contribution in [1.29, 1.82) is 0 Å². The van der Waals surface area contributed by atoms with Crippen molar-refractivity contribution in [2.75, 3.05) is 6.54 Å². The highest BCUT2D eigenvalue weighted by Gasteiger charge is 2.06. The third-order valence-electron chi connectivity index (χ3n) is 3.90. The van der Waals surface area contributed by atoms with Crippen LogP contribution in [0.2, 0.25) is 0 Å². The molecule has 0 unspecified atom stereocenters. The summed E-state index contributed by atoms with van der Waals surface area (Å²) < 4.78 is 27.0. The molecule has 28 heavy (non-hydrogen) atoms. The highest BCUT2D eigenvalue weighted by molar-refractivity contribution is 14.0. The summed E-state index contributed by atoms with van der Waals surface area (Å²) in [6, 6.07) is 13.3. The van der Waals surface area contributed by atoms with Gasteiger partial charge in [0.15, 0.2) is 5.96 Å². The first-order valence-corrected chi connectivity index (χ1v) is 8.71. The van der Waals surface area contributed by atoms with Gasteiger partial charge in [-0.2, -0.15) is 0 Å². The van der Waals surface area contributed by atoms with Crippen LogP contribution in [-0.4, -0.2) is 22.5 Å². The lowest BCUT2D eigenvalue weighted by atomic mass is 10.2. The molecule has 0 radical (unpaired) electrons. The molecular formula is C20H22F2IN5. The van der Waals surface area contributed by atoms with Gasteiger partial charge >= 0.3 is 0 Å². The van der Waals surface area contributed by atoms with Crippen LogP contribution in [-0.2, 0) is 13.1 Å². The Labute approximate surface area is 179 Å². The third-order valence-corrected chi connectivity index (χ3v) is 3.90. The second kappa shape index (κ2) is 10.7. The minimum absolute atomic E-state index is 0. The number of rotatable bonds is 6. The van der Waals surface area contributed by atoms with Gasteiger partial charge in [0.1, 0.15) is 17.5 Å². The lowest BCUT2D eigenvalue weighted by Crippen LogP contribution is -2.37. The first-order chi connectivity index (χ1) is 13.2. The van der Waals surface area contributed by atoms with Gasteiger partial charge in [-0.3, -0.25) is 0 Å². The number of imidazole rings is 1. The van der Waals surface area contributed by atoms with Gasteiger partial charge in [0.25, 0.3) is 0 Å². The fraction of sp³-hybridized carbons (Fsp3) is 0.200. The molecule has 0 bridgehead atoms. The van der Waals surface area contributed by atoms with Crippen LogP contribution in [0.25, 0.3) is 11.3 Å². The van der Waals surface area contributed by atoms with Gasteiger partial charge in [-0.05, 0) is 30.7 Å². The number of halogens is 3. The van der Waals surface area contributed by atoms with Crippen LogP contribution < -0.4 is 10.6 Å². The lowest BCUT2D eigenvalue weighted by molar-refractivity contribution is 0.585. The molecule has 8 heteroatoms. The minimum atomic E-state index is -0.483. The van der Waals surface area contributed by atoms with Crippen molar-refractivity contribution in [3.8, 4) is 11.3 Å². The molecule has 3 aromatic rings. The van der Waals surface area contributed by atoms with E-state index in [1.165, 1.54) is 0 Å². The Kier molecular flexibility index (Phi) is 8.37. The van der Waals surface area contributed by atoms with E-state index in [1.807, 2.05) is 37.3 Å². The van der Waals surface area contributed by atoms with Crippen molar-refractivity contribution >= 4 is 29.9 Å². The first kappa shape index (κ1) is 21.8. The molecule has 0 saturated carbocycles. The van der Waals surface area contributed by atoms with E-state index in [2.05, 4.69) is 25.6 Å². The average Bonchev–Trinajstić information content (AvgIpc) is 3.16. The number of hydrogen-bond acceptors (Lipinski definition) is 2. The topological polar surface area (TPSA) is 65.1 Å². The third kappa shape index (κ3) is 6.01. The number of nitrogens with one attached hydrogen (secondary N) is 3. The molecule has 0 aliphatic carbocycles. The largest absolute Gasteiger partial charge is 0.357 e. The Balaban J connectivity index is 0.00000280. The van der Waals surface area contributed by atoms with Crippen LogP contribution >= 0.6 is 24.0 Å². The smallest absolute Gasteiger partial charge is 0.191 e. The fourth-order valence-electron chi connectivity index (χ4n) is 2.55. The number of H-pyrrole nitrogens is 1. The number of nitrogens with zero attached hydrogens (tertiary/aromatic N) is 2. The molecule has 0 aliphatic rings. The summed E-state index contributed by atoms with van der Waals surface area (Å²) in [7, 11) is 0. The van der Waals surface area contributed by atoms with E-state index in [1.54, 1.807) is 6.20 Å². The summed E-state index contributed by atoms with van der Waals surface area (Å²) in [6.07, 6.45) is 1.78. The van der Waals surface area contributed by atoms with E-state index in [9.17, 15) is 8.78 Å². The number of guanidine groups is 1. The first-order valence-electron chi connectivity index (χ1n) is 8.71. The maximum Gasteiger partial charge on any atom is 0.191 e. The van der Waals surface area contributed by atoms with Gasteiger partial charge in [-0.15, -0.1) is 24.0 Å². The van der Waals surface area contributed by atoms with Crippen LogP contribution in [0.15, 0.2) is 59.7 Å². The summed E-state index contributed by atoms with van der Waals surface area (Å²) in [5, 5.41) is 6.21. The normalized spacial score (nSPS) is 11.0. The van der Waals surface area contributed by atoms with Gasteiger partial charge in [0, 0.05) is 12.1 Å². The maximum atomic E-state index is 13.7. The molecule has 0 fully saturated rings. The Morgan fingerprint density at radius 2 is 1.89 bits per heavy atom. The molecule has 0 spiro atoms. The molecule has 2 aromatic carbocycles. The Hall–Kier alpha value is -2.49. The van der Waals surface area contributed by atoms with Gasteiger partial charge in [-0.1, -0.05) is 30.3 Å². The molecule has 0 saturated heterocycles. The van der Waals surface area contributed by atoms with Gasteiger partial charge in [0.2, 0.25) is 0 Å². The van der Waals surface area contributed by atoms with Crippen molar-refractivity contribution in [2.24, 2.45) is 4.99 Å². The molecule has 148 valence electrons. The zero-order valence-corrected chi connectivity index (χ0v) is 17.7. The standard InChI is InChI=1S/C20H21F2N5.HI/c1-2-23-20(25-11-15-10-16(21)8-9-17(15)22)26-13-19-24-12-18(27-19)14-6-4-3-5-7-14;/h3-10,12H,2,11,13H2,1H3,(H,24,27)(H2,23,25,26);1H. The van der Waals surface area contributed by atoms with Crippen LogP contribution in [0.4, 0.5) is 8.78 Å². The van der Waals surface area contributed by atoms with E-state index in [-0.39, 0.29) is 36.1 Å². The number of aromatic nitrogens is 2. The van der Waals surface area contributed by atoms with Gasteiger partial charge < -0.3 is 15.6 Å². The molecular weight excluding hydrogens is 475 g/mol.